The molecule has 0 radical (unpaired) electrons. The zero-order chi connectivity index (χ0) is 24.7. The van der Waals surface area contributed by atoms with Gasteiger partial charge in [-0.1, -0.05) is 22.0 Å². The van der Waals surface area contributed by atoms with Gasteiger partial charge in [-0.05, 0) is 83.1 Å². The van der Waals surface area contributed by atoms with Crippen molar-refractivity contribution < 1.29 is 4.79 Å². The second-order valence-electron chi connectivity index (χ2n) is 11.0. The van der Waals surface area contributed by atoms with Crippen LogP contribution in [0.25, 0.3) is 0 Å². The number of aryl methyl sites for hydroxylation is 3. The van der Waals surface area contributed by atoms with Crippen molar-refractivity contribution >= 4 is 21.8 Å². The zero-order valence-electron chi connectivity index (χ0n) is 21.6. The van der Waals surface area contributed by atoms with Crippen LogP contribution >= 0.6 is 15.9 Å². The molecular formula is C28H38BrN5O. The number of fused-ring (bicyclic) bond motifs is 1. The lowest BCUT2D eigenvalue weighted by atomic mass is 9.84. The first kappa shape index (κ1) is 24.8. The van der Waals surface area contributed by atoms with E-state index in [4.69, 9.17) is 0 Å². The van der Waals surface area contributed by atoms with Crippen molar-refractivity contribution in [1.82, 2.24) is 24.7 Å². The predicted molar refractivity (Wildman–Crippen MR) is 143 cm³/mol. The summed E-state index contributed by atoms with van der Waals surface area (Å²) >= 11 is 3.66. The number of aromatic nitrogens is 2. The Morgan fingerprint density at radius 3 is 2.49 bits per heavy atom. The summed E-state index contributed by atoms with van der Waals surface area (Å²) < 4.78 is 1.19. The number of rotatable bonds is 3. The summed E-state index contributed by atoms with van der Waals surface area (Å²) in [5.74, 6) is 0.0865. The van der Waals surface area contributed by atoms with E-state index in [-0.39, 0.29) is 11.4 Å². The molecule has 5 rings (SSSR count). The summed E-state index contributed by atoms with van der Waals surface area (Å²) in [5.41, 5.74) is 5.42. The second-order valence-corrected chi connectivity index (χ2v) is 11.9. The van der Waals surface area contributed by atoms with Crippen molar-refractivity contribution in [3.8, 4) is 0 Å². The molecule has 1 aliphatic carbocycles. The summed E-state index contributed by atoms with van der Waals surface area (Å²) in [7, 11) is 0. The van der Waals surface area contributed by atoms with Gasteiger partial charge in [0.2, 0.25) is 0 Å². The minimum absolute atomic E-state index is 0.0865. The Balaban J connectivity index is 1.23. The summed E-state index contributed by atoms with van der Waals surface area (Å²) in [5, 5.41) is 0. The summed E-state index contributed by atoms with van der Waals surface area (Å²) in [6, 6.07) is 7.93. The highest BCUT2D eigenvalue weighted by molar-refractivity contribution is 9.10. The Hall–Kier alpha value is -1.83. The highest BCUT2D eigenvalue weighted by Crippen LogP contribution is 2.39. The molecule has 35 heavy (non-hydrogen) atoms. The Labute approximate surface area is 218 Å². The third-order valence-corrected chi connectivity index (χ3v) is 9.29. The molecular weight excluding hydrogens is 502 g/mol. The van der Waals surface area contributed by atoms with E-state index in [1.807, 2.05) is 18.7 Å². The lowest BCUT2D eigenvalue weighted by Gasteiger charge is -2.53. The van der Waals surface area contributed by atoms with Gasteiger partial charge in [0.1, 0.15) is 6.33 Å². The van der Waals surface area contributed by atoms with E-state index in [0.717, 1.165) is 57.0 Å². The normalized spacial score (nSPS) is 25.3. The highest BCUT2D eigenvalue weighted by atomic mass is 79.9. The maximum atomic E-state index is 13.2. The fraction of sp³-hybridized carbons (Fsp3) is 0.607. The molecule has 2 atom stereocenters. The predicted octanol–water partition coefficient (Wildman–Crippen LogP) is 4.93. The number of halogens is 1. The quantitative estimate of drug-likeness (QED) is 0.553. The fourth-order valence-electron chi connectivity index (χ4n) is 6.60. The topological polar surface area (TPSA) is 52.6 Å². The zero-order valence-corrected chi connectivity index (χ0v) is 23.1. The monoisotopic (exact) mass is 539 g/mol. The van der Waals surface area contributed by atoms with Crippen molar-refractivity contribution in [3.63, 3.8) is 0 Å². The standard InChI is InChI=1S/C28H38BrN5O/c1-19-17-33(14-15-34(19)25-7-5-6-22-16-23(29)8-9-24(22)25)28(4)10-12-32(13-11-28)27(35)26-20(2)30-18-31-21(26)3/h8-9,16,18-19,25H,5-7,10-15,17H2,1-4H3. The number of nitrogens with zero attached hydrogens (tertiary/aromatic N) is 5. The van der Waals surface area contributed by atoms with Gasteiger partial charge in [0, 0.05) is 54.8 Å². The minimum atomic E-state index is 0.0865. The molecule has 2 fully saturated rings. The molecule has 6 nitrogen and oxygen atoms in total. The molecule has 1 aromatic carbocycles. The molecule has 2 saturated heterocycles. The molecule has 1 amide bonds. The smallest absolute Gasteiger partial charge is 0.257 e. The average molecular weight is 541 g/mol. The van der Waals surface area contributed by atoms with Crippen LogP contribution in [0.3, 0.4) is 0 Å². The van der Waals surface area contributed by atoms with Crippen LogP contribution in [0.15, 0.2) is 29.0 Å². The summed E-state index contributed by atoms with van der Waals surface area (Å²) in [4.78, 5) is 29.2. The molecule has 0 saturated carbocycles. The van der Waals surface area contributed by atoms with Crippen LogP contribution in [0, 0.1) is 13.8 Å². The lowest BCUT2D eigenvalue weighted by molar-refractivity contribution is -0.0322. The van der Waals surface area contributed by atoms with Crippen LogP contribution in [-0.2, 0) is 6.42 Å². The molecule has 2 aromatic rings. The maximum Gasteiger partial charge on any atom is 0.257 e. The SMILES string of the molecule is Cc1ncnc(C)c1C(=O)N1CCC(C)(N2CCN(C3CCCc4cc(Br)ccc43)C(C)C2)CC1. The largest absolute Gasteiger partial charge is 0.338 e. The van der Waals surface area contributed by atoms with Gasteiger partial charge < -0.3 is 4.90 Å². The van der Waals surface area contributed by atoms with Gasteiger partial charge in [0.25, 0.3) is 5.91 Å². The minimum Gasteiger partial charge on any atom is -0.338 e. The van der Waals surface area contributed by atoms with Gasteiger partial charge in [0.05, 0.1) is 17.0 Å². The maximum absolute atomic E-state index is 13.2. The van der Waals surface area contributed by atoms with Crippen molar-refractivity contribution in [2.75, 3.05) is 32.7 Å². The number of hydrogen-bond acceptors (Lipinski definition) is 5. The van der Waals surface area contributed by atoms with E-state index in [0.29, 0.717) is 17.6 Å². The van der Waals surface area contributed by atoms with Crippen LogP contribution < -0.4 is 0 Å². The Morgan fingerprint density at radius 2 is 1.80 bits per heavy atom. The number of likely N-dealkylation sites (tertiary alicyclic amines) is 1. The van der Waals surface area contributed by atoms with Crippen LogP contribution in [0.4, 0.5) is 0 Å². The molecule has 3 aliphatic rings. The van der Waals surface area contributed by atoms with Crippen LogP contribution in [0.1, 0.15) is 78.4 Å². The van der Waals surface area contributed by atoms with E-state index in [1.54, 1.807) is 6.33 Å². The first-order valence-electron chi connectivity index (χ1n) is 13.1. The van der Waals surface area contributed by atoms with Gasteiger partial charge in [-0.15, -0.1) is 0 Å². The molecule has 1 aromatic heterocycles. The third-order valence-electron chi connectivity index (χ3n) is 8.80. The van der Waals surface area contributed by atoms with Crippen molar-refractivity contribution in [2.45, 2.75) is 77.4 Å². The Kier molecular flexibility index (Phi) is 7.03. The van der Waals surface area contributed by atoms with E-state index in [2.05, 4.69) is 67.7 Å². The second kappa shape index (κ2) is 9.91. The first-order valence-corrected chi connectivity index (χ1v) is 13.9. The molecule has 0 N–H and O–H groups in total. The van der Waals surface area contributed by atoms with Gasteiger partial charge in [-0.2, -0.15) is 0 Å². The lowest BCUT2D eigenvalue weighted by Crippen LogP contribution is -2.62. The molecule has 0 spiro atoms. The molecule has 3 heterocycles. The average Bonchev–Trinajstić information content (AvgIpc) is 2.84. The number of carbonyl (C=O) groups is 1. The van der Waals surface area contributed by atoms with E-state index in [1.165, 1.54) is 34.9 Å². The number of benzene rings is 1. The Bertz CT molecular complexity index is 1080. The highest BCUT2D eigenvalue weighted by Gasteiger charge is 2.41. The number of hydrogen-bond donors (Lipinski definition) is 0. The van der Waals surface area contributed by atoms with Crippen molar-refractivity contribution in [3.05, 3.63) is 57.1 Å². The van der Waals surface area contributed by atoms with Crippen LogP contribution in [0.5, 0.6) is 0 Å². The number of carbonyl (C=O) groups excluding carboxylic acids is 1. The molecule has 188 valence electrons. The van der Waals surface area contributed by atoms with Gasteiger partial charge in [0.15, 0.2) is 0 Å². The molecule has 2 aliphatic heterocycles. The van der Waals surface area contributed by atoms with Gasteiger partial charge >= 0.3 is 0 Å². The number of piperidine rings is 1. The summed E-state index contributed by atoms with van der Waals surface area (Å²) in [6.07, 6.45) is 7.29. The fourth-order valence-corrected chi connectivity index (χ4v) is 7.00. The van der Waals surface area contributed by atoms with E-state index >= 15 is 0 Å². The van der Waals surface area contributed by atoms with Crippen LogP contribution in [-0.4, -0.2) is 74.9 Å². The van der Waals surface area contributed by atoms with Crippen molar-refractivity contribution in [1.29, 1.82) is 0 Å². The first-order chi connectivity index (χ1) is 16.8. The van der Waals surface area contributed by atoms with Crippen molar-refractivity contribution in [2.24, 2.45) is 0 Å². The number of piperazine rings is 1. The van der Waals surface area contributed by atoms with Crippen LogP contribution in [0.2, 0.25) is 0 Å². The Morgan fingerprint density at radius 1 is 1.09 bits per heavy atom. The van der Waals surface area contributed by atoms with Gasteiger partial charge in [-0.3, -0.25) is 14.6 Å². The molecule has 0 bridgehead atoms. The molecule has 2 unspecified atom stereocenters. The van der Waals surface area contributed by atoms with E-state index in [9.17, 15) is 4.79 Å². The molecule has 7 heteroatoms. The van der Waals surface area contributed by atoms with Gasteiger partial charge in [-0.25, -0.2) is 9.97 Å². The van der Waals surface area contributed by atoms with E-state index < -0.39 is 0 Å². The third kappa shape index (κ3) is 4.79. The summed E-state index contributed by atoms with van der Waals surface area (Å²) in [6.45, 7) is 13.5. The number of amides is 1.